The first-order chi connectivity index (χ1) is 8.53. The number of aromatic amines is 1. The normalized spacial score (nSPS) is 11.7. The van der Waals surface area contributed by atoms with Crippen molar-refractivity contribution < 1.29 is 4.79 Å². The Labute approximate surface area is 108 Å². The van der Waals surface area contributed by atoms with Crippen LogP contribution in [0.1, 0.15) is 44.0 Å². The van der Waals surface area contributed by atoms with Gasteiger partial charge in [-0.15, -0.1) is 0 Å². The Kier molecular flexibility index (Phi) is 3.41. The van der Waals surface area contributed by atoms with Crippen LogP contribution in [0.3, 0.4) is 0 Å². The summed E-state index contributed by atoms with van der Waals surface area (Å²) in [5.41, 5.74) is 1.55. The molecule has 0 bridgehead atoms. The number of nitrogens with one attached hydrogen (secondary N) is 2. The summed E-state index contributed by atoms with van der Waals surface area (Å²) in [6, 6.07) is 7.85. The third-order valence-corrected chi connectivity index (χ3v) is 3.16. The lowest BCUT2D eigenvalue weighted by Crippen LogP contribution is -2.43. The van der Waals surface area contributed by atoms with Gasteiger partial charge in [-0.25, -0.2) is 0 Å². The second kappa shape index (κ2) is 4.84. The maximum Gasteiger partial charge on any atom is 0.253 e. The van der Waals surface area contributed by atoms with Crippen molar-refractivity contribution in [2.45, 2.75) is 39.2 Å². The molecule has 1 aromatic carbocycles. The van der Waals surface area contributed by atoms with E-state index in [1.807, 2.05) is 24.3 Å². The van der Waals surface area contributed by atoms with Crippen LogP contribution in [-0.2, 0) is 0 Å². The van der Waals surface area contributed by atoms with Gasteiger partial charge in [0.2, 0.25) is 0 Å². The highest BCUT2D eigenvalue weighted by molar-refractivity contribution is 6.06. The summed E-state index contributed by atoms with van der Waals surface area (Å²) in [5, 5.41) is 4.07. The molecule has 2 aromatic rings. The Bertz CT molecular complexity index is 554. The predicted octanol–water partition coefficient (Wildman–Crippen LogP) is 3.48. The molecule has 1 amide bonds. The number of fused-ring (bicyclic) bond motifs is 1. The molecule has 0 aliphatic rings. The minimum Gasteiger partial charge on any atom is -0.360 e. The van der Waals surface area contributed by atoms with Crippen LogP contribution in [0.5, 0.6) is 0 Å². The van der Waals surface area contributed by atoms with Crippen LogP contribution in [0.2, 0.25) is 0 Å². The Morgan fingerprint density at radius 3 is 2.78 bits per heavy atom. The van der Waals surface area contributed by atoms with Gasteiger partial charge in [0.05, 0.1) is 5.56 Å². The average molecular weight is 244 g/mol. The van der Waals surface area contributed by atoms with Gasteiger partial charge in [-0.2, -0.15) is 0 Å². The van der Waals surface area contributed by atoms with E-state index >= 15 is 0 Å². The molecule has 0 radical (unpaired) electrons. The summed E-state index contributed by atoms with van der Waals surface area (Å²) in [6.07, 6.45) is 3.81. The molecule has 1 heterocycles. The number of hydrogen-bond acceptors (Lipinski definition) is 1. The van der Waals surface area contributed by atoms with E-state index < -0.39 is 0 Å². The number of H-pyrrole nitrogens is 1. The number of carbonyl (C=O) groups excluding carboxylic acids is 1. The van der Waals surface area contributed by atoms with Gasteiger partial charge in [0.25, 0.3) is 5.91 Å². The van der Waals surface area contributed by atoms with Crippen molar-refractivity contribution >= 4 is 16.8 Å². The Balaban J connectivity index is 2.24. The lowest BCUT2D eigenvalue weighted by Gasteiger charge is -2.25. The van der Waals surface area contributed by atoms with Crippen LogP contribution in [0, 0.1) is 0 Å². The number of para-hydroxylation sites is 1. The van der Waals surface area contributed by atoms with E-state index in [2.05, 4.69) is 31.1 Å². The van der Waals surface area contributed by atoms with E-state index in [9.17, 15) is 4.79 Å². The minimum absolute atomic E-state index is 0.00843. The molecule has 0 saturated carbocycles. The van der Waals surface area contributed by atoms with Crippen LogP contribution in [0.4, 0.5) is 0 Å². The monoisotopic (exact) mass is 244 g/mol. The van der Waals surface area contributed by atoms with E-state index in [4.69, 9.17) is 0 Å². The zero-order valence-corrected chi connectivity index (χ0v) is 11.2. The third kappa shape index (κ3) is 2.55. The number of amides is 1. The quantitative estimate of drug-likeness (QED) is 0.849. The van der Waals surface area contributed by atoms with Crippen molar-refractivity contribution in [1.82, 2.24) is 10.3 Å². The number of rotatable bonds is 4. The molecule has 0 unspecified atom stereocenters. The van der Waals surface area contributed by atoms with Gasteiger partial charge in [-0.3, -0.25) is 4.79 Å². The number of carbonyl (C=O) groups is 1. The molecule has 1 aromatic heterocycles. The van der Waals surface area contributed by atoms with Gasteiger partial charge in [-0.05, 0) is 26.3 Å². The second-order valence-electron chi connectivity index (χ2n) is 5.34. The van der Waals surface area contributed by atoms with Crippen LogP contribution < -0.4 is 5.32 Å². The van der Waals surface area contributed by atoms with Gasteiger partial charge in [0.15, 0.2) is 0 Å². The van der Waals surface area contributed by atoms with Crippen molar-refractivity contribution in [3.05, 3.63) is 36.0 Å². The molecule has 0 spiro atoms. The van der Waals surface area contributed by atoms with E-state index in [0.717, 1.165) is 29.3 Å². The zero-order chi connectivity index (χ0) is 13.2. The number of aromatic nitrogens is 1. The summed E-state index contributed by atoms with van der Waals surface area (Å²) < 4.78 is 0. The average Bonchev–Trinajstić information content (AvgIpc) is 2.71. The molecule has 0 aliphatic carbocycles. The topological polar surface area (TPSA) is 44.9 Å². The zero-order valence-electron chi connectivity index (χ0n) is 11.2. The predicted molar refractivity (Wildman–Crippen MR) is 74.8 cm³/mol. The lowest BCUT2D eigenvalue weighted by molar-refractivity contribution is 0.0911. The van der Waals surface area contributed by atoms with Crippen molar-refractivity contribution in [2.75, 3.05) is 0 Å². The number of benzene rings is 1. The molecule has 3 heteroatoms. The lowest BCUT2D eigenvalue weighted by atomic mass is 9.98. The van der Waals surface area contributed by atoms with Crippen molar-refractivity contribution in [1.29, 1.82) is 0 Å². The molecule has 3 nitrogen and oxygen atoms in total. The Morgan fingerprint density at radius 2 is 2.06 bits per heavy atom. The molecular weight excluding hydrogens is 224 g/mol. The summed E-state index contributed by atoms with van der Waals surface area (Å²) >= 11 is 0. The van der Waals surface area contributed by atoms with Crippen LogP contribution in [-0.4, -0.2) is 16.4 Å². The highest BCUT2D eigenvalue weighted by Gasteiger charge is 2.21. The molecule has 2 rings (SSSR count). The SMILES string of the molecule is CCCC(C)(C)NC(=O)c1c[nH]c2ccccc12. The molecule has 0 aliphatic heterocycles. The summed E-state index contributed by atoms with van der Waals surface area (Å²) in [4.78, 5) is 15.4. The molecule has 0 saturated heterocycles. The van der Waals surface area contributed by atoms with Gasteiger partial charge in [0, 0.05) is 22.6 Å². The molecule has 2 N–H and O–H groups in total. The molecule has 0 atom stereocenters. The smallest absolute Gasteiger partial charge is 0.253 e. The number of hydrogen-bond donors (Lipinski definition) is 2. The first kappa shape index (κ1) is 12.7. The maximum atomic E-state index is 12.3. The van der Waals surface area contributed by atoms with Crippen molar-refractivity contribution in [2.24, 2.45) is 0 Å². The van der Waals surface area contributed by atoms with Gasteiger partial charge in [-0.1, -0.05) is 31.5 Å². The van der Waals surface area contributed by atoms with Crippen molar-refractivity contribution in [3.8, 4) is 0 Å². The molecule has 96 valence electrons. The van der Waals surface area contributed by atoms with E-state index in [1.54, 1.807) is 6.20 Å². The first-order valence-electron chi connectivity index (χ1n) is 6.42. The van der Waals surface area contributed by atoms with E-state index in [1.165, 1.54) is 0 Å². The summed E-state index contributed by atoms with van der Waals surface area (Å²) in [5.74, 6) is -0.00843. The summed E-state index contributed by atoms with van der Waals surface area (Å²) in [6.45, 7) is 6.24. The van der Waals surface area contributed by atoms with Crippen molar-refractivity contribution in [3.63, 3.8) is 0 Å². The molecular formula is C15H20N2O. The minimum atomic E-state index is -0.162. The second-order valence-corrected chi connectivity index (χ2v) is 5.34. The third-order valence-electron chi connectivity index (χ3n) is 3.16. The first-order valence-corrected chi connectivity index (χ1v) is 6.42. The fourth-order valence-corrected chi connectivity index (χ4v) is 2.32. The van der Waals surface area contributed by atoms with Gasteiger partial charge < -0.3 is 10.3 Å². The standard InChI is InChI=1S/C15H20N2O/c1-4-9-15(2,3)17-14(18)12-10-16-13-8-6-5-7-11(12)13/h5-8,10,16H,4,9H2,1-3H3,(H,17,18). The molecule has 0 fully saturated rings. The highest BCUT2D eigenvalue weighted by atomic mass is 16.1. The van der Waals surface area contributed by atoms with Crippen LogP contribution in [0.25, 0.3) is 10.9 Å². The highest BCUT2D eigenvalue weighted by Crippen LogP contribution is 2.19. The Hall–Kier alpha value is -1.77. The molecule has 18 heavy (non-hydrogen) atoms. The Morgan fingerprint density at radius 1 is 1.33 bits per heavy atom. The van der Waals surface area contributed by atoms with Crippen LogP contribution >= 0.6 is 0 Å². The van der Waals surface area contributed by atoms with E-state index in [-0.39, 0.29) is 11.4 Å². The van der Waals surface area contributed by atoms with Gasteiger partial charge >= 0.3 is 0 Å². The fourth-order valence-electron chi connectivity index (χ4n) is 2.32. The largest absolute Gasteiger partial charge is 0.360 e. The maximum absolute atomic E-state index is 12.3. The van der Waals surface area contributed by atoms with Gasteiger partial charge in [0.1, 0.15) is 0 Å². The fraction of sp³-hybridized carbons (Fsp3) is 0.400. The van der Waals surface area contributed by atoms with E-state index in [0.29, 0.717) is 0 Å². The van der Waals surface area contributed by atoms with Crippen LogP contribution in [0.15, 0.2) is 30.5 Å². The summed E-state index contributed by atoms with van der Waals surface area (Å²) in [7, 11) is 0.